The van der Waals surface area contributed by atoms with E-state index >= 15 is 0 Å². The Kier molecular flexibility index (Phi) is 3.40. The molecule has 1 aliphatic heterocycles. The second kappa shape index (κ2) is 4.69. The second-order valence-electron chi connectivity index (χ2n) is 4.36. The summed E-state index contributed by atoms with van der Waals surface area (Å²) < 4.78 is 24.2. The zero-order valence-corrected chi connectivity index (χ0v) is 11.2. The minimum Gasteiger partial charge on any atom is -0.340 e. The molecule has 1 aliphatic rings. The summed E-state index contributed by atoms with van der Waals surface area (Å²) in [5, 5.41) is 0. The third-order valence-corrected chi connectivity index (χ3v) is 4.17. The third-order valence-electron chi connectivity index (χ3n) is 2.86. The standard InChI is InChI=1S/C10H16N4O3S/c1-8-7-9(15)12-10(11-8)13-3-5-14(6-4-13)18(2,16)17/h7H,3-6H2,1-2H3,(H,11,12,15). The van der Waals surface area contributed by atoms with Gasteiger partial charge in [-0.2, -0.15) is 4.31 Å². The third kappa shape index (κ3) is 2.88. The molecule has 0 bridgehead atoms. The van der Waals surface area contributed by atoms with Gasteiger partial charge >= 0.3 is 0 Å². The summed E-state index contributed by atoms with van der Waals surface area (Å²) in [5.74, 6) is 0.508. The van der Waals surface area contributed by atoms with Crippen LogP contribution in [-0.2, 0) is 10.0 Å². The van der Waals surface area contributed by atoms with E-state index in [9.17, 15) is 13.2 Å². The molecule has 1 N–H and O–H groups in total. The number of sulfonamides is 1. The molecule has 0 atom stereocenters. The van der Waals surface area contributed by atoms with Crippen LogP contribution in [0.25, 0.3) is 0 Å². The fraction of sp³-hybridized carbons (Fsp3) is 0.600. The Morgan fingerprint density at radius 1 is 1.28 bits per heavy atom. The summed E-state index contributed by atoms with van der Waals surface area (Å²) in [6.45, 7) is 3.64. The quantitative estimate of drug-likeness (QED) is 0.758. The van der Waals surface area contributed by atoms with Gasteiger partial charge < -0.3 is 4.90 Å². The van der Waals surface area contributed by atoms with Gasteiger partial charge in [-0.05, 0) is 6.92 Å². The van der Waals surface area contributed by atoms with Gasteiger partial charge in [-0.15, -0.1) is 0 Å². The largest absolute Gasteiger partial charge is 0.340 e. The molecule has 0 saturated carbocycles. The normalized spacial score (nSPS) is 18.0. The van der Waals surface area contributed by atoms with Crippen molar-refractivity contribution in [3.63, 3.8) is 0 Å². The average Bonchev–Trinajstić information content (AvgIpc) is 2.27. The Hall–Kier alpha value is -1.41. The number of rotatable bonds is 2. The van der Waals surface area contributed by atoms with E-state index in [0.717, 1.165) is 0 Å². The molecule has 8 heteroatoms. The van der Waals surface area contributed by atoms with Gasteiger partial charge in [0.2, 0.25) is 16.0 Å². The molecule has 7 nitrogen and oxygen atoms in total. The molecule has 1 fully saturated rings. The van der Waals surface area contributed by atoms with Gasteiger partial charge in [-0.25, -0.2) is 13.4 Å². The van der Waals surface area contributed by atoms with Gasteiger partial charge in [0.15, 0.2) is 0 Å². The highest BCUT2D eigenvalue weighted by molar-refractivity contribution is 7.88. The van der Waals surface area contributed by atoms with Crippen LogP contribution in [0.4, 0.5) is 5.95 Å². The number of nitrogens with zero attached hydrogens (tertiary/aromatic N) is 3. The minimum absolute atomic E-state index is 0.192. The van der Waals surface area contributed by atoms with Crippen LogP contribution >= 0.6 is 0 Å². The van der Waals surface area contributed by atoms with E-state index in [0.29, 0.717) is 37.8 Å². The number of aryl methyl sites for hydroxylation is 1. The molecule has 1 aromatic rings. The van der Waals surface area contributed by atoms with Crippen LogP contribution in [0.15, 0.2) is 10.9 Å². The monoisotopic (exact) mass is 272 g/mol. The fourth-order valence-electron chi connectivity index (χ4n) is 1.94. The topological polar surface area (TPSA) is 86.4 Å². The Morgan fingerprint density at radius 2 is 1.89 bits per heavy atom. The number of piperazine rings is 1. The first-order valence-electron chi connectivity index (χ1n) is 5.64. The molecule has 18 heavy (non-hydrogen) atoms. The van der Waals surface area contributed by atoms with Crippen LogP contribution in [0.1, 0.15) is 5.69 Å². The average molecular weight is 272 g/mol. The van der Waals surface area contributed by atoms with Crippen molar-refractivity contribution in [1.82, 2.24) is 14.3 Å². The first-order chi connectivity index (χ1) is 8.36. The summed E-state index contributed by atoms with van der Waals surface area (Å²) in [6, 6.07) is 1.43. The first-order valence-corrected chi connectivity index (χ1v) is 7.49. The van der Waals surface area contributed by atoms with Crippen LogP contribution in [-0.4, -0.2) is 55.1 Å². The van der Waals surface area contributed by atoms with Crippen molar-refractivity contribution in [2.45, 2.75) is 6.92 Å². The molecule has 0 unspecified atom stereocenters. The lowest BCUT2D eigenvalue weighted by molar-refractivity contribution is 0.385. The smallest absolute Gasteiger partial charge is 0.252 e. The molecular weight excluding hydrogens is 256 g/mol. The molecular formula is C10H16N4O3S. The lowest BCUT2D eigenvalue weighted by Crippen LogP contribution is -2.49. The van der Waals surface area contributed by atoms with Crippen molar-refractivity contribution in [1.29, 1.82) is 0 Å². The van der Waals surface area contributed by atoms with Crippen LogP contribution in [0, 0.1) is 6.92 Å². The molecule has 0 aromatic carbocycles. The van der Waals surface area contributed by atoms with Gasteiger partial charge in [0.05, 0.1) is 6.26 Å². The van der Waals surface area contributed by atoms with E-state index in [1.54, 1.807) is 6.92 Å². The van der Waals surface area contributed by atoms with Gasteiger partial charge in [-0.1, -0.05) is 0 Å². The summed E-state index contributed by atoms with van der Waals surface area (Å²) in [6.07, 6.45) is 1.20. The van der Waals surface area contributed by atoms with Gasteiger partial charge in [-0.3, -0.25) is 9.78 Å². The number of aromatic nitrogens is 2. The molecule has 1 aromatic heterocycles. The first kappa shape index (κ1) is 13.0. The maximum absolute atomic E-state index is 11.4. The van der Waals surface area contributed by atoms with Crippen molar-refractivity contribution in [3.8, 4) is 0 Å². The van der Waals surface area contributed by atoms with Crippen molar-refractivity contribution >= 4 is 16.0 Å². The number of hydrogen-bond donors (Lipinski definition) is 1. The van der Waals surface area contributed by atoms with E-state index in [1.807, 2.05) is 4.90 Å². The Bertz CT molecular complexity index is 587. The number of aromatic amines is 1. The SMILES string of the molecule is Cc1cc(=O)[nH]c(N2CCN(S(C)(=O)=O)CC2)n1. The molecule has 100 valence electrons. The minimum atomic E-state index is -3.13. The number of hydrogen-bond acceptors (Lipinski definition) is 5. The Labute approximate surface area is 105 Å². The van der Waals surface area contributed by atoms with E-state index < -0.39 is 10.0 Å². The van der Waals surface area contributed by atoms with Crippen LogP contribution in [0.2, 0.25) is 0 Å². The summed E-state index contributed by atoms with van der Waals surface area (Å²) in [7, 11) is -3.13. The fourth-order valence-corrected chi connectivity index (χ4v) is 2.77. The number of H-pyrrole nitrogens is 1. The van der Waals surface area contributed by atoms with E-state index in [-0.39, 0.29) is 5.56 Å². The van der Waals surface area contributed by atoms with E-state index in [1.165, 1.54) is 16.6 Å². The van der Waals surface area contributed by atoms with Gasteiger partial charge in [0.25, 0.3) is 5.56 Å². The molecule has 0 spiro atoms. The maximum Gasteiger partial charge on any atom is 0.252 e. The summed E-state index contributed by atoms with van der Waals surface area (Å²) >= 11 is 0. The van der Waals surface area contributed by atoms with E-state index in [4.69, 9.17) is 0 Å². The predicted molar refractivity (Wildman–Crippen MR) is 68.2 cm³/mol. The lowest BCUT2D eigenvalue weighted by atomic mass is 10.4. The maximum atomic E-state index is 11.4. The van der Waals surface area contributed by atoms with Crippen molar-refractivity contribution in [2.24, 2.45) is 0 Å². The predicted octanol–water partition coefficient (Wildman–Crippen LogP) is -0.840. The molecule has 2 heterocycles. The highest BCUT2D eigenvalue weighted by Crippen LogP contribution is 2.11. The van der Waals surface area contributed by atoms with Crippen LogP contribution in [0.5, 0.6) is 0 Å². The number of nitrogens with one attached hydrogen (secondary N) is 1. The van der Waals surface area contributed by atoms with Crippen molar-refractivity contribution in [2.75, 3.05) is 37.3 Å². The van der Waals surface area contributed by atoms with E-state index in [2.05, 4.69) is 9.97 Å². The van der Waals surface area contributed by atoms with Crippen molar-refractivity contribution in [3.05, 3.63) is 22.1 Å². The zero-order chi connectivity index (χ0) is 13.3. The highest BCUT2D eigenvalue weighted by Gasteiger charge is 2.24. The molecule has 0 amide bonds. The van der Waals surface area contributed by atoms with Crippen molar-refractivity contribution < 1.29 is 8.42 Å². The Balaban J connectivity index is 2.12. The molecule has 2 rings (SSSR count). The Morgan fingerprint density at radius 3 is 2.39 bits per heavy atom. The second-order valence-corrected chi connectivity index (χ2v) is 6.34. The zero-order valence-electron chi connectivity index (χ0n) is 10.4. The summed E-state index contributed by atoms with van der Waals surface area (Å²) in [4.78, 5) is 20.1. The van der Waals surface area contributed by atoms with Gasteiger partial charge in [0, 0.05) is 37.9 Å². The van der Waals surface area contributed by atoms with Crippen LogP contribution in [0.3, 0.4) is 0 Å². The summed E-state index contributed by atoms with van der Waals surface area (Å²) in [5.41, 5.74) is 0.460. The number of anilines is 1. The highest BCUT2D eigenvalue weighted by atomic mass is 32.2. The lowest BCUT2D eigenvalue weighted by Gasteiger charge is -2.33. The molecule has 1 saturated heterocycles. The van der Waals surface area contributed by atoms with Crippen LogP contribution < -0.4 is 10.5 Å². The molecule has 0 radical (unpaired) electrons. The van der Waals surface area contributed by atoms with Gasteiger partial charge in [0.1, 0.15) is 0 Å². The molecule has 0 aliphatic carbocycles.